The first kappa shape index (κ1) is 15.0. The molecule has 0 radical (unpaired) electrons. The van der Waals surface area contributed by atoms with Crippen LogP contribution < -0.4 is 15.4 Å². The van der Waals surface area contributed by atoms with Crippen LogP contribution in [0.4, 0.5) is 5.95 Å². The Morgan fingerprint density at radius 1 is 1.48 bits per heavy atom. The van der Waals surface area contributed by atoms with Gasteiger partial charge in [0, 0.05) is 13.0 Å². The van der Waals surface area contributed by atoms with Gasteiger partial charge in [-0.1, -0.05) is 6.07 Å². The van der Waals surface area contributed by atoms with Crippen molar-refractivity contribution >= 4 is 29.1 Å². The van der Waals surface area contributed by atoms with Crippen molar-refractivity contribution in [1.82, 2.24) is 20.5 Å². The lowest BCUT2D eigenvalue weighted by Crippen LogP contribution is -2.24. The largest absolute Gasteiger partial charge is 0.466 e. The molecule has 112 valence electrons. The molecule has 2 aromatic rings. The predicted molar refractivity (Wildman–Crippen MR) is 77.5 cm³/mol. The quantitative estimate of drug-likeness (QED) is 0.662. The van der Waals surface area contributed by atoms with Crippen LogP contribution in [0.5, 0.6) is 6.01 Å². The van der Waals surface area contributed by atoms with Crippen LogP contribution in [0, 0.1) is 0 Å². The number of H-pyrrole nitrogens is 1. The number of hydrogen-bond donors (Lipinski definition) is 3. The van der Waals surface area contributed by atoms with E-state index in [0.717, 1.165) is 0 Å². The Balaban J connectivity index is 1.64. The Hall–Kier alpha value is -2.42. The van der Waals surface area contributed by atoms with Crippen LogP contribution in [0.2, 0.25) is 0 Å². The number of anilines is 1. The van der Waals surface area contributed by atoms with Gasteiger partial charge in [-0.05, 0) is 17.9 Å². The second kappa shape index (κ2) is 7.39. The fourth-order valence-corrected chi connectivity index (χ4v) is 2.17. The van der Waals surface area contributed by atoms with Gasteiger partial charge in [0.15, 0.2) is 0 Å². The Kier molecular flexibility index (Phi) is 5.27. The highest BCUT2D eigenvalue weighted by molar-refractivity contribution is 7.12. The van der Waals surface area contributed by atoms with E-state index in [1.807, 2.05) is 11.4 Å². The SMILES string of the molecule is COc1n[nH]c(NC(=O)CCCNC(=O)c2cccs2)n1. The summed E-state index contributed by atoms with van der Waals surface area (Å²) in [5.74, 6) is -0.0935. The van der Waals surface area contributed by atoms with E-state index in [4.69, 9.17) is 4.74 Å². The summed E-state index contributed by atoms with van der Waals surface area (Å²) in [6, 6.07) is 3.73. The molecule has 0 fully saturated rings. The lowest BCUT2D eigenvalue weighted by Gasteiger charge is -2.03. The van der Waals surface area contributed by atoms with Crippen LogP contribution in [0.15, 0.2) is 17.5 Å². The summed E-state index contributed by atoms with van der Waals surface area (Å²) in [6.45, 7) is 0.434. The third-order valence-corrected chi connectivity index (χ3v) is 3.39. The van der Waals surface area contributed by atoms with Crippen LogP contribution in [0.25, 0.3) is 0 Å². The molecule has 0 saturated heterocycles. The van der Waals surface area contributed by atoms with Gasteiger partial charge >= 0.3 is 6.01 Å². The van der Waals surface area contributed by atoms with E-state index in [1.54, 1.807) is 6.07 Å². The summed E-state index contributed by atoms with van der Waals surface area (Å²) in [5.41, 5.74) is 0. The maximum Gasteiger partial charge on any atom is 0.336 e. The average Bonchev–Trinajstić information content (AvgIpc) is 3.14. The molecule has 0 aliphatic carbocycles. The van der Waals surface area contributed by atoms with E-state index in [0.29, 0.717) is 17.8 Å². The average molecular weight is 309 g/mol. The molecule has 21 heavy (non-hydrogen) atoms. The van der Waals surface area contributed by atoms with Crippen LogP contribution >= 0.6 is 11.3 Å². The first-order chi connectivity index (χ1) is 10.2. The maximum absolute atomic E-state index is 11.6. The summed E-state index contributed by atoms with van der Waals surface area (Å²) in [4.78, 5) is 27.8. The van der Waals surface area contributed by atoms with Crippen LogP contribution in [0.3, 0.4) is 0 Å². The van der Waals surface area contributed by atoms with Gasteiger partial charge in [-0.2, -0.15) is 4.98 Å². The monoisotopic (exact) mass is 309 g/mol. The van der Waals surface area contributed by atoms with E-state index in [9.17, 15) is 9.59 Å². The lowest BCUT2D eigenvalue weighted by atomic mass is 10.3. The van der Waals surface area contributed by atoms with Gasteiger partial charge in [0.1, 0.15) is 0 Å². The summed E-state index contributed by atoms with van der Waals surface area (Å²) in [6.07, 6.45) is 0.807. The molecule has 0 saturated carbocycles. The first-order valence-electron chi connectivity index (χ1n) is 6.27. The molecule has 8 nitrogen and oxygen atoms in total. The molecule has 2 rings (SSSR count). The summed E-state index contributed by atoms with van der Waals surface area (Å²) in [5, 5.41) is 13.4. The zero-order chi connectivity index (χ0) is 15.1. The zero-order valence-corrected chi connectivity index (χ0v) is 12.2. The predicted octanol–water partition coefficient (Wildman–Crippen LogP) is 1.02. The molecule has 9 heteroatoms. The minimum absolute atomic E-state index is 0.120. The highest BCUT2D eigenvalue weighted by atomic mass is 32.1. The molecule has 3 N–H and O–H groups in total. The molecule has 0 aliphatic heterocycles. The van der Waals surface area contributed by atoms with Gasteiger partial charge in [-0.25, -0.2) is 5.10 Å². The number of aromatic nitrogens is 3. The molecule has 0 spiro atoms. The summed E-state index contributed by atoms with van der Waals surface area (Å²) >= 11 is 1.38. The summed E-state index contributed by atoms with van der Waals surface area (Å²) < 4.78 is 4.79. The number of nitrogens with one attached hydrogen (secondary N) is 3. The van der Waals surface area contributed by atoms with Gasteiger partial charge in [0.05, 0.1) is 12.0 Å². The number of aromatic amines is 1. The zero-order valence-electron chi connectivity index (χ0n) is 11.4. The molecular formula is C12H15N5O3S. The van der Waals surface area contributed by atoms with E-state index < -0.39 is 0 Å². The van der Waals surface area contributed by atoms with Crippen molar-refractivity contribution in [2.24, 2.45) is 0 Å². The smallest absolute Gasteiger partial charge is 0.336 e. The Labute approximate surface area is 124 Å². The third kappa shape index (κ3) is 4.56. The second-order valence-corrected chi connectivity index (χ2v) is 5.00. The Morgan fingerprint density at radius 3 is 3.00 bits per heavy atom. The number of hydrogen-bond acceptors (Lipinski definition) is 6. The molecule has 0 aromatic carbocycles. The van der Waals surface area contributed by atoms with Crippen LogP contribution in [-0.4, -0.2) is 40.7 Å². The number of carbonyl (C=O) groups is 2. The van der Waals surface area contributed by atoms with E-state index >= 15 is 0 Å². The minimum atomic E-state index is -0.209. The van der Waals surface area contributed by atoms with Gasteiger partial charge < -0.3 is 10.1 Å². The van der Waals surface area contributed by atoms with Crippen LogP contribution in [-0.2, 0) is 4.79 Å². The van der Waals surface area contributed by atoms with Crippen LogP contribution in [0.1, 0.15) is 22.5 Å². The number of thiophene rings is 1. The standard InChI is InChI=1S/C12H15N5O3S/c1-20-12-15-11(16-17-12)14-9(18)5-2-6-13-10(19)8-4-3-7-21-8/h3-4,7H,2,5-6H2,1H3,(H,13,19)(H2,14,15,16,17,18). The van der Waals surface area contributed by atoms with E-state index in [-0.39, 0.29) is 30.2 Å². The normalized spacial score (nSPS) is 10.1. The van der Waals surface area contributed by atoms with Crippen molar-refractivity contribution in [1.29, 1.82) is 0 Å². The molecule has 0 unspecified atom stereocenters. The first-order valence-corrected chi connectivity index (χ1v) is 7.15. The molecular weight excluding hydrogens is 294 g/mol. The summed E-state index contributed by atoms with van der Waals surface area (Å²) in [7, 11) is 1.44. The number of nitrogens with zero attached hydrogens (tertiary/aromatic N) is 2. The van der Waals surface area contributed by atoms with Crippen molar-refractivity contribution in [2.45, 2.75) is 12.8 Å². The van der Waals surface area contributed by atoms with Crippen molar-refractivity contribution in [3.05, 3.63) is 22.4 Å². The second-order valence-electron chi connectivity index (χ2n) is 4.06. The Bertz CT molecular complexity index is 596. The number of amides is 2. The minimum Gasteiger partial charge on any atom is -0.466 e. The van der Waals surface area contributed by atoms with Gasteiger partial charge in [0.2, 0.25) is 11.9 Å². The number of ether oxygens (including phenoxy) is 1. The maximum atomic E-state index is 11.6. The van der Waals surface area contributed by atoms with Crippen molar-refractivity contribution in [3.8, 4) is 6.01 Å². The topological polar surface area (TPSA) is 109 Å². The number of rotatable bonds is 7. The highest BCUT2D eigenvalue weighted by Gasteiger charge is 2.08. The highest BCUT2D eigenvalue weighted by Crippen LogP contribution is 2.08. The number of carbonyl (C=O) groups excluding carboxylic acids is 2. The van der Waals surface area contributed by atoms with Crippen molar-refractivity contribution in [2.75, 3.05) is 19.0 Å². The third-order valence-electron chi connectivity index (χ3n) is 2.52. The van der Waals surface area contributed by atoms with Gasteiger partial charge in [0.25, 0.3) is 5.91 Å². The fraction of sp³-hybridized carbons (Fsp3) is 0.333. The Morgan fingerprint density at radius 2 is 2.33 bits per heavy atom. The molecule has 2 heterocycles. The molecule has 0 aliphatic rings. The van der Waals surface area contributed by atoms with Gasteiger partial charge in [-0.3, -0.25) is 14.9 Å². The van der Waals surface area contributed by atoms with E-state index in [2.05, 4.69) is 25.8 Å². The van der Waals surface area contributed by atoms with Crippen molar-refractivity contribution in [3.63, 3.8) is 0 Å². The molecule has 2 amide bonds. The molecule has 2 aromatic heterocycles. The lowest BCUT2D eigenvalue weighted by molar-refractivity contribution is -0.116. The molecule has 0 atom stereocenters. The van der Waals surface area contributed by atoms with Gasteiger partial charge in [-0.15, -0.1) is 16.4 Å². The molecule has 0 bridgehead atoms. The fourth-order valence-electron chi connectivity index (χ4n) is 1.53. The number of methoxy groups -OCH3 is 1. The van der Waals surface area contributed by atoms with E-state index in [1.165, 1.54) is 18.4 Å². The van der Waals surface area contributed by atoms with Crippen molar-refractivity contribution < 1.29 is 14.3 Å².